The monoisotopic (exact) mass is 736 g/mol. The van der Waals surface area contributed by atoms with Crippen LogP contribution in [0.4, 0.5) is 21.0 Å². The van der Waals surface area contributed by atoms with E-state index in [0.29, 0.717) is 62.5 Å². The molecule has 11 nitrogen and oxygen atoms in total. The molecule has 1 aromatic heterocycles. The van der Waals surface area contributed by atoms with Gasteiger partial charge in [0.2, 0.25) is 11.9 Å². The zero-order valence-corrected chi connectivity index (χ0v) is 32.3. The molecule has 2 N–H and O–H groups in total. The summed E-state index contributed by atoms with van der Waals surface area (Å²) in [5.74, 6) is 0.00607. The number of hydrogen-bond acceptors (Lipinski definition) is 9. The molecule has 52 heavy (non-hydrogen) atoms. The van der Waals surface area contributed by atoms with Crippen molar-refractivity contribution in [2.75, 3.05) is 56.2 Å². The number of fused-ring (bicyclic) bond motifs is 2. The van der Waals surface area contributed by atoms with E-state index in [4.69, 9.17) is 31.0 Å². The van der Waals surface area contributed by atoms with Gasteiger partial charge in [-0.3, -0.25) is 4.79 Å². The van der Waals surface area contributed by atoms with Gasteiger partial charge in [-0.05, 0) is 89.4 Å². The van der Waals surface area contributed by atoms with E-state index in [9.17, 15) is 14.7 Å². The highest BCUT2D eigenvalue weighted by Crippen LogP contribution is 2.42. The molecule has 0 aliphatic carbocycles. The third-order valence-electron chi connectivity index (χ3n) is 8.89. The van der Waals surface area contributed by atoms with Gasteiger partial charge in [-0.25, -0.2) is 14.2 Å². The third kappa shape index (κ3) is 9.14. The van der Waals surface area contributed by atoms with Crippen molar-refractivity contribution in [2.45, 2.75) is 78.6 Å². The first-order chi connectivity index (χ1) is 24.2. The summed E-state index contributed by atoms with van der Waals surface area (Å²) >= 11 is 6.92. The molecule has 0 bridgehead atoms. The van der Waals surface area contributed by atoms with Gasteiger partial charge in [-0.15, -0.1) is 0 Å². The van der Waals surface area contributed by atoms with Crippen molar-refractivity contribution in [1.29, 1.82) is 0 Å². The second-order valence-corrected chi connectivity index (χ2v) is 16.1. The predicted octanol–water partition coefficient (Wildman–Crippen LogP) is 7.54. The first kappa shape index (κ1) is 38.8. The molecule has 1 aliphatic heterocycles. The van der Waals surface area contributed by atoms with Crippen LogP contribution in [0, 0.1) is 5.82 Å². The van der Waals surface area contributed by atoms with Gasteiger partial charge < -0.3 is 34.6 Å². The minimum atomic E-state index is -0.664. The fraction of sp³-hybridized carbons (Fsp3) is 0.487. The Kier molecular flexibility index (Phi) is 11.1. The van der Waals surface area contributed by atoms with E-state index in [-0.39, 0.29) is 39.8 Å². The molecule has 0 spiro atoms. The number of piperazine rings is 1. The smallest absolute Gasteiger partial charge is 0.410 e. The minimum Gasteiger partial charge on any atom is -0.508 e. The second-order valence-electron chi connectivity index (χ2n) is 15.7. The summed E-state index contributed by atoms with van der Waals surface area (Å²) in [6, 6.07) is 12.2. The van der Waals surface area contributed by atoms with E-state index in [1.54, 1.807) is 17.0 Å². The number of halogens is 2. The van der Waals surface area contributed by atoms with E-state index in [1.807, 2.05) is 89.6 Å². The fourth-order valence-electron chi connectivity index (χ4n) is 6.57. The fourth-order valence-corrected chi connectivity index (χ4v) is 6.86. The van der Waals surface area contributed by atoms with Crippen LogP contribution in [0.15, 0.2) is 42.5 Å². The maximum atomic E-state index is 17.1. The molecule has 0 saturated carbocycles. The Morgan fingerprint density at radius 3 is 2.33 bits per heavy atom. The Balaban J connectivity index is 1.53. The van der Waals surface area contributed by atoms with E-state index in [2.05, 4.69) is 5.32 Å². The first-order valence-corrected chi connectivity index (χ1v) is 17.9. The lowest BCUT2D eigenvalue weighted by Crippen LogP contribution is -2.50. The highest BCUT2D eigenvalue weighted by Gasteiger charge is 2.31. The van der Waals surface area contributed by atoms with Gasteiger partial charge in [0, 0.05) is 69.8 Å². The number of carbonyl (C=O) groups excluding carboxylic acids is 2. The molecule has 4 aromatic rings. The largest absolute Gasteiger partial charge is 0.508 e. The number of amides is 2. The van der Waals surface area contributed by atoms with Crippen LogP contribution >= 0.6 is 11.6 Å². The van der Waals surface area contributed by atoms with Crippen LogP contribution in [0.2, 0.25) is 5.02 Å². The Morgan fingerprint density at radius 2 is 1.67 bits per heavy atom. The number of phenolic OH excluding ortho intramolecular Hbond substituents is 1. The van der Waals surface area contributed by atoms with Crippen LogP contribution in [0.3, 0.4) is 0 Å². The van der Waals surface area contributed by atoms with Crippen LogP contribution in [-0.2, 0) is 14.3 Å². The van der Waals surface area contributed by atoms with Crippen molar-refractivity contribution >= 4 is 57.0 Å². The van der Waals surface area contributed by atoms with E-state index >= 15 is 4.39 Å². The number of benzene rings is 3. The summed E-state index contributed by atoms with van der Waals surface area (Å²) in [5.41, 5.74) is -1.08. The zero-order valence-electron chi connectivity index (χ0n) is 31.6. The zero-order chi connectivity index (χ0) is 38.2. The quantitative estimate of drug-likeness (QED) is 0.170. The number of likely N-dealkylation sites (N-methyl/N-ethyl adjacent to an activating group) is 1. The molecule has 1 saturated heterocycles. The SMILES string of the molecule is CC(=O)NC(C)(C)CCOC(C)(C)CN(C)c1nc(N2CCN(C(=O)OC(C)(C)C)CC2)c2cc(Cl)c(-c3cc(O)cc4ccccc34)c(F)c2n1. The van der Waals surface area contributed by atoms with Gasteiger partial charge in [0.15, 0.2) is 5.82 Å². The first-order valence-electron chi connectivity index (χ1n) is 17.5. The Bertz CT molecular complexity index is 1970. The maximum absolute atomic E-state index is 17.1. The molecular formula is C39H50ClFN6O5. The van der Waals surface area contributed by atoms with Crippen molar-refractivity contribution in [1.82, 2.24) is 20.2 Å². The Hall–Kier alpha value is -4.42. The van der Waals surface area contributed by atoms with Gasteiger partial charge in [0.1, 0.15) is 22.7 Å². The molecule has 5 rings (SSSR count). The summed E-state index contributed by atoms with van der Waals surface area (Å²) in [6.45, 7) is 17.2. The number of anilines is 2. The number of nitrogens with one attached hydrogen (secondary N) is 1. The van der Waals surface area contributed by atoms with Crippen LogP contribution in [0.5, 0.6) is 5.75 Å². The molecule has 3 aromatic carbocycles. The number of aromatic nitrogens is 2. The molecule has 1 aliphatic rings. The van der Waals surface area contributed by atoms with Crippen LogP contribution in [-0.4, -0.2) is 95.1 Å². The van der Waals surface area contributed by atoms with Gasteiger partial charge in [0.25, 0.3) is 0 Å². The highest BCUT2D eigenvalue weighted by molar-refractivity contribution is 6.35. The normalized spacial score (nSPS) is 14.2. The van der Waals surface area contributed by atoms with E-state index in [0.717, 1.165) is 10.8 Å². The minimum absolute atomic E-state index is 0.0152. The summed E-state index contributed by atoms with van der Waals surface area (Å²) in [6.07, 6.45) is 0.212. The van der Waals surface area contributed by atoms with Crippen LogP contribution in [0.25, 0.3) is 32.8 Å². The Labute approximate surface area is 310 Å². The highest BCUT2D eigenvalue weighted by atomic mass is 35.5. The molecule has 2 heterocycles. The molecule has 280 valence electrons. The molecule has 1 fully saturated rings. The van der Waals surface area contributed by atoms with E-state index < -0.39 is 22.6 Å². The number of hydrogen-bond donors (Lipinski definition) is 2. The summed E-state index contributed by atoms with van der Waals surface area (Å²) < 4.78 is 29.0. The number of aromatic hydroxyl groups is 1. The molecule has 0 unspecified atom stereocenters. The van der Waals surface area contributed by atoms with Gasteiger partial charge in [0.05, 0.1) is 10.6 Å². The number of rotatable bonds is 10. The summed E-state index contributed by atoms with van der Waals surface area (Å²) in [7, 11) is 1.83. The van der Waals surface area contributed by atoms with Crippen LogP contribution < -0.4 is 15.1 Å². The average Bonchev–Trinajstić information content (AvgIpc) is 3.02. The lowest BCUT2D eigenvalue weighted by atomic mass is 9.96. The molecule has 0 radical (unpaired) electrons. The lowest BCUT2D eigenvalue weighted by molar-refractivity contribution is -0.120. The van der Waals surface area contributed by atoms with Gasteiger partial charge >= 0.3 is 6.09 Å². The molecule has 0 atom stereocenters. The van der Waals surface area contributed by atoms with Crippen molar-refractivity contribution in [3.8, 4) is 16.9 Å². The lowest BCUT2D eigenvalue weighted by Gasteiger charge is -2.37. The number of nitrogens with zero attached hydrogens (tertiary/aromatic N) is 5. The van der Waals surface area contributed by atoms with E-state index in [1.165, 1.54) is 13.0 Å². The van der Waals surface area contributed by atoms with Crippen molar-refractivity contribution in [2.24, 2.45) is 0 Å². The van der Waals surface area contributed by atoms with Gasteiger partial charge in [-0.2, -0.15) is 4.98 Å². The second kappa shape index (κ2) is 14.9. The topological polar surface area (TPSA) is 120 Å². The standard InChI is InChI=1S/C39H50ClFN6O5/c1-24(48)44-38(5,6)14-19-51-39(7,8)23-45(9)35-42-33-29(34(43-35)46-15-17-47(18-16-46)36(50)52-37(2,3)4)22-30(40)31(32(33)41)28-21-26(49)20-25-12-10-11-13-27(25)28/h10-13,20-22,49H,14-19,23H2,1-9H3,(H,44,48). The number of carbonyl (C=O) groups is 2. The molecule has 2 amide bonds. The van der Waals surface area contributed by atoms with Crippen molar-refractivity contribution in [3.63, 3.8) is 0 Å². The molecular weight excluding hydrogens is 687 g/mol. The molecule has 13 heteroatoms. The summed E-state index contributed by atoms with van der Waals surface area (Å²) in [5, 5.41) is 15.6. The third-order valence-corrected chi connectivity index (χ3v) is 9.19. The average molecular weight is 737 g/mol. The number of phenols is 1. The van der Waals surface area contributed by atoms with Crippen molar-refractivity contribution < 1.29 is 28.6 Å². The van der Waals surface area contributed by atoms with Crippen LogP contribution in [0.1, 0.15) is 61.8 Å². The maximum Gasteiger partial charge on any atom is 0.410 e. The predicted molar refractivity (Wildman–Crippen MR) is 205 cm³/mol. The summed E-state index contributed by atoms with van der Waals surface area (Å²) in [4.78, 5) is 39.7. The van der Waals surface area contributed by atoms with Crippen molar-refractivity contribution in [3.05, 3.63) is 53.3 Å². The Morgan fingerprint density at radius 1 is 1.00 bits per heavy atom. The van der Waals surface area contributed by atoms with Gasteiger partial charge in [-0.1, -0.05) is 35.9 Å². The number of ether oxygens (including phenoxy) is 2.